The van der Waals surface area contributed by atoms with Gasteiger partial charge >= 0.3 is 0 Å². The molecule has 3 heterocycles. The molecule has 2 aromatic rings. The van der Waals surface area contributed by atoms with E-state index in [-0.39, 0.29) is 5.28 Å². The van der Waals surface area contributed by atoms with Crippen LogP contribution < -0.4 is 5.32 Å². The van der Waals surface area contributed by atoms with Crippen molar-refractivity contribution in [1.29, 1.82) is 0 Å². The lowest BCUT2D eigenvalue weighted by atomic mass is 10.3. The van der Waals surface area contributed by atoms with Gasteiger partial charge < -0.3 is 10.2 Å². The summed E-state index contributed by atoms with van der Waals surface area (Å²) >= 11 is 5.93. The summed E-state index contributed by atoms with van der Waals surface area (Å²) in [6.07, 6.45) is 4.49. The van der Waals surface area contributed by atoms with Crippen LogP contribution >= 0.6 is 11.6 Å². The van der Waals surface area contributed by atoms with Crippen molar-refractivity contribution < 1.29 is 0 Å². The number of nitrogens with one attached hydrogen (secondary N) is 1. The molecule has 0 saturated carbocycles. The van der Waals surface area contributed by atoms with Gasteiger partial charge in [-0.15, -0.1) is 0 Å². The number of halogens is 1. The van der Waals surface area contributed by atoms with E-state index in [9.17, 15) is 0 Å². The molecule has 7 nitrogen and oxygen atoms in total. The topological polar surface area (TPSA) is 71.8 Å². The number of nitrogens with zero attached hydrogens (tertiary/aromatic N) is 6. The highest BCUT2D eigenvalue weighted by Gasteiger charge is 2.20. The predicted molar refractivity (Wildman–Crippen MR) is 71.5 cm³/mol. The summed E-state index contributed by atoms with van der Waals surface area (Å²) in [4.78, 5) is 14.8. The molecule has 1 saturated heterocycles. The molecule has 0 spiro atoms. The molecule has 0 aromatic carbocycles. The summed E-state index contributed by atoms with van der Waals surface area (Å²) in [6, 6.07) is 2.14. The van der Waals surface area contributed by atoms with E-state index >= 15 is 0 Å². The maximum absolute atomic E-state index is 5.93. The number of hydrogen-bond acceptors (Lipinski definition) is 6. The van der Waals surface area contributed by atoms with Crippen LogP contribution in [0.4, 0.5) is 5.95 Å². The zero-order valence-corrected chi connectivity index (χ0v) is 11.2. The minimum atomic E-state index is 0.161. The minimum absolute atomic E-state index is 0.161. The Morgan fingerprint density at radius 2 is 2.26 bits per heavy atom. The summed E-state index contributed by atoms with van der Waals surface area (Å²) in [5.41, 5.74) is 0. The second-order valence-electron chi connectivity index (χ2n) is 4.57. The monoisotopic (exact) mass is 279 g/mol. The molecule has 1 atom stereocenters. The molecule has 1 aliphatic heterocycles. The summed E-state index contributed by atoms with van der Waals surface area (Å²) < 4.78 is 1.56. The van der Waals surface area contributed by atoms with E-state index < -0.39 is 0 Å². The number of hydrogen-bond donors (Lipinski definition) is 1. The van der Waals surface area contributed by atoms with E-state index in [2.05, 4.69) is 37.3 Å². The van der Waals surface area contributed by atoms with Crippen LogP contribution in [-0.4, -0.2) is 55.8 Å². The van der Waals surface area contributed by atoms with Gasteiger partial charge in [-0.05, 0) is 37.7 Å². The van der Waals surface area contributed by atoms with E-state index in [0.29, 0.717) is 17.9 Å². The number of rotatable bonds is 3. The number of likely N-dealkylation sites (tertiary alicyclic amines) is 1. The molecule has 1 fully saturated rings. The maximum atomic E-state index is 5.93. The Morgan fingerprint density at radius 3 is 2.95 bits per heavy atom. The van der Waals surface area contributed by atoms with Crippen LogP contribution in [0.2, 0.25) is 5.28 Å². The lowest BCUT2D eigenvalue weighted by Crippen LogP contribution is -2.25. The first kappa shape index (κ1) is 12.3. The number of anilines is 1. The molecule has 1 N–H and O–H groups in total. The van der Waals surface area contributed by atoms with Gasteiger partial charge in [0.05, 0.1) is 0 Å². The third-order valence-electron chi connectivity index (χ3n) is 3.03. The van der Waals surface area contributed by atoms with Crippen molar-refractivity contribution in [3.05, 3.63) is 23.7 Å². The average Bonchev–Trinajstić information content (AvgIpc) is 3.00. The summed E-state index contributed by atoms with van der Waals surface area (Å²) in [5, 5.41) is 7.53. The average molecular weight is 280 g/mol. The minimum Gasteiger partial charge on any atom is -0.350 e. The molecule has 0 amide bonds. The van der Waals surface area contributed by atoms with Gasteiger partial charge in [-0.1, -0.05) is 0 Å². The fourth-order valence-electron chi connectivity index (χ4n) is 2.13. The van der Waals surface area contributed by atoms with Gasteiger partial charge in [0.15, 0.2) is 0 Å². The fraction of sp³-hybridized carbons (Fsp3) is 0.455. The molecule has 0 bridgehead atoms. The lowest BCUT2D eigenvalue weighted by Gasteiger charge is -2.13. The third-order valence-corrected chi connectivity index (χ3v) is 3.20. The van der Waals surface area contributed by atoms with Gasteiger partial charge in [0, 0.05) is 25.0 Å². The first-order valence-corrected chi connectivity index (χ1v) is 6.45. The Bertz CT molecular complexity index is 556. The second-order valence-corrected chi connectivity index (χ2v) is 4.91. The summed E-state index contributed by atoms with van der Waals surface area (Å²) in [6.45, 7) is 2.04. The Kier molecular flexibility index (Phi) is 3.31. The quantitative estimate of drug-likeness (QED) is 0.897. The highest BCUT2D eigenvalue weighted by Crippen LogP contribution is 2.14. The zero-order valence-electron chi connectivity index (χ0n) is 10.5. The van der Waals surface area contributed by atoms with Gasteiger partial charge in [-0.2, -0.15) is 20.1 Å². The highest BCUT2D eigenvalue weighted by atomic mass is 35.5. The van der Waals surface area contributed by atoms with Gasteiger partial charge in [0.25, 0.3) is 5.95 Å². The van der Waals surface area contributed by atoms with Crippen LogP contribution in [0.1, 0.15) is 6.42 Å². The standard InChI is InChI=1S/C11H14ClN7/c1-18-6-3-8(7-18)14-10-15-9(12)16-11(17-10)19-5-2-4-13-19/h2,4-5,8H,3,6-7H2,1H3,(H,14,15,16,17). The molecule has 2 aromatic heterocycles. The molecule has 0 radical (unpaired) electrons. The van der Waals surface area contributed by atoms with E-state index in [0.717, 1.165) is 19.5 Å². The van der Waals surface area contributed by atoms with Crippen LogP contribution in [0, 0.1) is 0 Å². The van der Waals surface area contributed by atoms with Crippen LogP contribution in [0.15, 0.2) is 18.5 Å². The van der Waals surface area contributed by atoms with Crippen molar-refractivity contribution in [3.8, 4) is 5.95 Å². The zero-order chi connectivity index (χ0) is 13.2. The molecular formula is C11H14ClN7. The smallest absolute Gasteiger partial charge is 0.256 e. The molecule has 19 heavy (non-hydrogen) atoms. The van der Waals surface area contributed by atoms with E-state index in [1.165, 1.54) is 0 Å². The van der Waals surface area contributed by atoms with Crippen LogP contribution in [0.5, 0.6) is 0 Å². The first-order chi connectivity index (χ1) is 9.20. The van der Waals surface area contributed by atoms with Crippen molar-refractivity contribution in [2.24, 2.45) is 0 Å². The Labute approximate surface area is 115 Å². The van der Waals surface area contributed by atoms with Crippen molar-refractivity contribution in [1.82, 2.24) is 29.6 Å². The molecule has 1 unspecified atom stereocenters. The SMILES string of the molecule is CN1CCC(Nc2nc(Cl)nc(-n3cccn3)n2)C1. The third kappa shape index (κ3) is 2.82. The van der Waals surface area contributed by atoms with E-state index in [1.807, 2.05) is 0 Å². The van der Waals surface area contributed by atoms with Crippen LogP contribution in [0.3, 0.4) is 0 Å². The van der Waals surface area contributed by atoms with Gasteiger partial charge in [-0.25, -0.2) is 4.68 Å². The summed E-state index contributed by atoms with van der Waals surface area (Å²) in [7, 11) is 2.09. The normalized spacial score (nSPS) is 19.8. The lowest BCUT2D eigenvalue weighted by molar-refractivity contribution is 0.414. The van der Waals surface area contributed by atoms with Crippen LogP contribution in [-0.2, 0) is 0 Å². The molecule has 1 aliphatic rings. The summed E-state index contributed by atoms with van der Waals surface area (Å²) in [5.74, 6) is 0.907. The van der Waals surface area contributed by atoms with Crippen molar-refractivity contribution >= 4 is 17.5 Å². The van der Waals surface area contributed by atoms with Gasteiger partial charge in [0.1, 0.15) is 0 Å². The molecule has 3 rings (SSSR count). The van der Waals surface area contributed by atoms with Crippen molar-refractivity contribution in [2.75, 3.05) is 25.5 Å². The molecular weight excluding hydrogens is 266 g/mol. The van der Waals surface area contributed by atoms with Gasteiger partial charge in [0.2, 0.25) is 11.2 Å². The van der Waals surface area contributed by atoms with E-state index in [1.54, 1.807) is 23.1 Å². The van der Waals surface area contributed by atoms with Crippen molar-refractivity contribution in [2.45, 2.75) is 12.5 Å². The molecule has 0 aliphatic carbocycles. The number of aromatic nitrogens is 5. The molecule has 8 heteroatoms. The van der Waals surface area contributed by atoms with E-state index in [4.69, 9.17) is 11.6 Å². The Balaban J connectivity index is 1.82. The fourth-order valence-corrected chi connectivity index (χ4v) is 2.28. The maximum Gasteiger partial charge on any atom is 0.256 e. The second kappa shape index (κ2) is 5.10. The predicted octanol–water partition coefficient (Wildman–Crippen LogP) is 0.827. The van der Waals surface area contributed by atoms with Crippen LogP contribution in [0.25, 0.3) is 5.95 Å². The highest BCUT2D eigenvalue weighted by molar-refractivity contribution is 6.28. The Morgan fingerprint density at radius 1 is 1.37 bits per heavy atom. The Hall–Kier alpha value is -1.73. The van der Waals surface area contributed by atoms with Gasteiger partial charge in [-0.3, -0.25) is 0 Å². The number of likely N-dealkylation sites (N-methyl/N-ethyl adjacent to an activating group) is 1. The molecule has 100 valence electrons. The first-order valence-electron chi connectivity index (χ1n) is 6.07. The largest absolute Gasteiger partial charge is 0.350 e. The van der Waals surface area contributed by atoms with Crippen molar-refractivity contribution in [3.63, 3.8) is 0 Å².